The molecule has 0 bridgehead atoms. The highest BCUT2D eigenvalue weighted by atomic mass is 32.1. The molecule has 0 radical (unpaired) electrons. The topological polar surface area (TPSA) is 47.9 Å². The molecule has 0 amide bonds. The van der Waals surface area contributed by atoms with Crippen molar-refractivity contribution in [1.29, 1.82) is 0 Å². The number of hydrogen-bond acceptors (Lipinski definition) is 5. The minimum absolute atomic E-state index is 0.0505. The van der Waals surface area contributed by atoms with Gasteiger partial charge in [0.25, 0.3) is 0 Å². The van der Waals surface area contributed by atoms with E-state index in [0.717, 1.165) is 39.0 Å². The van der Waals surface area contributed by atoms with Crippen molar-refractivity contribution in [3.8, 4) is 39.7 Å². The molecule has 0 fully saturated rings. The Labute approximate surface area is 304 Å². The van der Waals surface area contributed by atoms with Crippen LogP contribution in [0.1, 0.15) is 17.3 Å². The van der Waals surface area contributed by atoms with Crippen LogP contribution in [0.4, 0.5) is 0 Å². The fraction of sp³-hybridized carbons (Fsp3) is 0.0426. The predicted molar refractivity (Wildman–Crippen MR) is 215 cm³/mol. The summed E-state index contributed by atoms with van der Waals surface area (Å²) >= 11 is 1.79. The van der Waals surface area contributed by atoms with Crippen molar-refractivity contribution in [3.05, 3.63) is 175 Å². The van der Waals surface area contributed by atoms with E-state index in [9.17, 15) is 0 Å². The van der Waals surface area contributed by atoms with E-state index in [1.807, 2.05) is 0 Å². The Hall–Kier alpha value is -6.43. The number of thiophene rings is 1. The fourth-order valence-electron chi connectivity index (χ4n) is 7.92. The number of allylic oxidation sites excluding steroid dienone is 2. The fourth-order valence-corrected chi connectivity index (χ4v) is 9.13. The third-order valence-electron chi connectivity index (χ3n) is 10.5. The maximum atomic E-state index is 6.68. The largest absolute Gasteiger partial charge is 0.485 e. The van der Waals surface area contributed by atoms with E-state index < -0.39 is 0 Å². The van der Waals surface area contributed by atoms with E-state index >= 15 is 0 Å². The molecular weight excluding hydrogens is 655 g/mol. The van der Waals surface area contributed by atoms with E-state index in [1.165, 1.54) is 41.9 Å². The first kappa shape index (κ1) is 29.3. The molecule has 5 heteroatoms. The summed E-state index contributed by atoms with van der Waals surface area (Å²) in [6.45, 7) is 0. The molecule has 1 aliphatic heterocycles. The minimum atomic E-state index is -0.155. The van der Waals surface area contributed by atoms with Crippen molar-refractivity contribution in [2.24, 2.45) is 0 Å². The van der Waals surface area contributed by atoms with Crippen molar-refractivity contribution < 1.29 is 4.74 Å². The zero-order valence-electron chi connectivity index (χ0n) is 27.9. The van der Waals surface area contributed by atoms with Crippen molar-refractivity contribution in [3.63, 3.8) is 0 Å². The lowest BCUT2D eigenvalue weighted by atomic mass is 9.83. The second-order valence-electron chi connectivity index (χ2n) is 13.5. The van der Waals surface area contributed by atoms with Gasteiger partial charge in [0.1, 0.15) is 11.9 Å². The number of nitrogens with zero attached hydrogens (tertiary/aromatic N) is 3. The quantitative estimate of drug-likeness (QED) is 0.185. The predicted octanol–water partition coefficient (Wildman–Crippen LogP) is 12.0. The molecule has 2 unspecified atom stereocenters. The molecule has 0 saturated heterocycles. The van der Waals surface area contributed by atoms with Gasteiger partial charge in [-0.05, 0) is 69.1 Å². The zero-order valence-corrected chi connectivity index (χ0v) is 28.7. The molecule has 0 N–H and O–H groups in total. The summed E-state index contributed by atoms with van der Waals surface area (Å²) in [5.74, 6) is 2.84. The lowest BCUT2D eigenvalue weighted by molar-refractivity contribution is 0.271. The summed E-state index contributed by atoms with van der Waals surface area (Å²) in [4.78, 5) is 15.7. The minimum Gasteiger partial charge on any atom is -0.485 e. The molecule has 7 aromatic carbocycles. The van der Waals surface area contributed by atoms with Crippen LogP contribution in [0.3, 0.4) is 0 Å². The molecule has 52 heavy (non-hydrogen) atoms. The maximum absolute atomic E-state index is 6.68. The van der Waals surface area contributed by atoms with Gasteiger partial charge < -0.3 is 4.74 Å². The van der Waals surface area contributed by atoms with Crippen LogP contribution in [0.15, 0.2) is 164 Å². The van der Waals surface area contributed by atoms with Crippen LogP contribution in [0.5, 0.6) is 5.75 Å². The second kappa shape index (κ2) is 11.6. The Morgan fingerprint density at radius 3 is 2.02 bits per heavy atom. The van der Waals surface area contributed by atoms with Crippen LogP contribution in [0, 0.1) is 0 Å². The first-order valence-electron chi connectivity index (χ1n) is 17.6. The van der Waals surface area contributed by atoms with Crippen molar-refractivity contribution >= 4 is 58.6 Å². The second-order valence-corrected chi connectivity index (χ2v) is 14.6. The molecule has 11 rings (SSSR count). The smallest absolute Gasteiger partial charge is 0.165 e. The van der Waals surface area contributed by atoms with Crippen molar-refractivity contribution in [2.45, 2.75) is 12.0 Å². The summed E-state index contributed by atoms with van der Waals surface area (Å²) in [5, 5.41) is 7.25. The van der Waals surface area contributed by atoms with Gasteiger partial charge in [0.05, 0.1) is 5.92 Å². The lowest BCUT2D eigenvalue weighted by Crippen LogP contribution is -2.20. The van der Waals surface area contributed by atoms with Gasteiger partial charge in [0.15, 0.2) is 17.5 Å². The summed E-state index contributed by atoms with van der Waals surface area (Å²) in [7, 11) is 0. The van der Waals surface area contributed by atoms with Gasteiger partial charge in [0, 0.05) is 42.4 Å². The highest BCUT2D eigenvalue weighted by Gasteiger charge is 2.39. The maximum Gasteiger partial charge on any atom is 0.165 e. The number of benzene rings is 7. The van der Waals surface area contributed by atoms with Crippen LogP contribution in [0.2, 0.25) is 0 Å². The Morgan fingerprint density at radius 2 is 1.17 bits per heavy atom. The van der Waals surface area contributed by atoms with E-state index in [1.54, 1.807) is 11.3 Å². The molecule has 0 saturated carbocycles. The summed E-state index contributed by atoms with van der Waals surface area (Å²) < 4.78 is 9.11. The number of aromatic nitrogens is 3. The van der Waals surface area contributed by atoms with Gasteiger partial charge in [-0.2, -0.15) is 0 Å². The van der Waals surface area contributed by atoms with Crippen LogP contribution in [-0.2, 0) is 0 Å². The molecule has 1 aliphatic carbocycles. The van der Waals surface area contributed by atoms with Gasteiger partial charge in [-0.3, -0.25) is 0 Å². The average Bonchev–Trinajstić information content (AvgIpc) is 3.78. The van der Waals surface area contributed by atoms with Crippen LogP contribution in [0.25, 0.3) is 81.2 Å². The molecule has 2 atom stereocenters. The third-order valence-corrected chi connectivity index (χ3v) is 11.7. The Balaban J connectivity index is 1.06. The SMILES string of the molecule is C1=CC2Oc3cc(-c4ccc5ccccc5c4)ccc3C2C(c2nc(-c3ccc4ccccc4c3)nc(-c3cccc4c3sc3ccccc34)n2)=C1. The standard InChI is InChI=1S/C47H29N3OS/c1-3-11-30-25-32(21-19-28(30)9-1)33-23-24-37-41(27-33)51-40-17-8-15-38(43(37)40)46-48-45(34-22-20-29-10-2-4-12-31(29)26-34)49-47(50-46)39-16-7-14-36-35-13-5-6-18-42(35)52-44(36)39/h1-27,40,43H. The first-order chi connectivity index (χ1) is 25.7. The van der Waals surface area contributed by atoms with E-state index in [2.05, 4.69) is 164 Å². The van der Waals surface area contributed by atoms with Gasteiger partial charge >= 0.3 is 0 Å². The molecule has 2 aliphatic rings. The van der Waals surface area contributed by atoms with Crippen LogP contribution >= 0.6 is 11.3 Å². The van der Waals surface area contributed by atoms with E-state index in [-0.39, 0.29) is 12.0 Å². The van der Waals surface area contributed by atoms with Gasteiger partial charge in [0.2, 0.25) is 0 Å². The Kier molecular flexibility index (Phi) is 6.51. The average molecular weight is 684 g/mol. The van der Waals surface area contributed by atoms with Crippen LogP contribution in [-0.4, -0.2) is 21.1 Å². The molecule has 3 heterocycles. The van der Waals surface area contributed by atoms with Crippen LogP contribution < -0.4 is 4.74 Å². The number of fused-ring (bicyclic) bond motifs is 8. The van der Waals surface area contributed by atoms with Gasteiger partial charge in [-0.15, -0.1) is 11.3 Å². The highest BCUT2D eigenvalue weighted by molar-refractivity contribution is 7.26. The Morgan fingerprint density at radius 1 is 0.519 bits per heavy atom. The summed E-state index contributed by atoms with van der Waals surface area (Å²) in [6, 6.07) is 51.6. The van der Waals surface area contributed by atoms with E-state index in [0.29, 0.717) is 17.5 Å². The normalized spacial score (nSPS) is 16.3. The third kappa shape index (κ3) is 4.70. The summed E-state index contributed by atoms with van der Waals surface area (Å²) in [6.07, 6.45) is 6.23. The number of ether oxygens (including phenoxy) is 1. The number of hydrogen-bond donors (Lipinski definition) is 0. The van der Waals surface area contributed by atoms with Crippen molar-refractivity contribution in [1.82, 2.24) is 15.0 Å². The molecule has 244 valence electrons. The monoisotopic (exact) mass is 683 g/mol. The summed E-state index contributed by atoms with van der Waals surface area (Å²) in [5.41, 5.74) is 6.44. The van der Waals surface area contributed by atoms with Gasteiger partial charge in [-0.1, -0.05) is 127 Å². The lowest BCUT2D eigenvalue weighted by Gasteiger charge is -2.22. The zero-order chi connectivity index (χ0) is 34.2. The first-order valence-corrected chi connectivity index (χ1v) is 18.4. The molecule has 0 spiro atoms. The molecule has 4 nitrogen and oxygen atoms in total. The van der Waals surface area contributed by atoms with Crippen molar-refractivity contribution in [2.75, 3.05) is 0 Å². The molecule has 9 aromatic rings. The van der Waals surface area contributed by atoms with Gasteiger partial charge in [-0.25, -0.2) is 15.0 Å². The molecule has 2 aromatic heterocycles. The van der Waals surface area contributed by atoms with E-state index in [4.69, 9.17) is 19.7 Å². The number of rotatable bonds is 4. The highest BCUT2D eigenvalue weighted by Crippen LogP contribution is 2.49. The Bertz CT molecular complexity index is 2980. The molecular formula is C47H29N3OS.